The number of benzene rings is 2. The predicted molar refractivity (Wildman–Crippen MR) is 131 cm³/mol. The number of aromatic nitrogens is 2. The Morgan fingerprint density at radius 2 is 1.81 bits per heavy atom. The van der Waals surface area contributed by atoms with Crippen LogP contribution in [-0.4, -0.2) is 21.6 Å². The molecule has 0 radical (unpaired) electrons. The molecule has 4 rings (SSSR count). The number of amides is 1. The Labute approximate surface area is 191 Å². The van der Waals surface area contributed by atoms with E-state index in [4.69, 9.17) is 4.98 Å². The Hall–Kier alpha value is -2.70. The molecule has 0 saturated carbocycles. The molecule has 0 saturated heterocycles. The van der Waals surface area contributed by atoms with E-state index in [-0.39, 0.29) is 5.91 Å². The Kier molecular flexibility index (Phi) is 6.68. The van der Waals surface area contributed by atoms with Crippen LogP contribution in [0.25, 0.3) is 10.2 Å². The third-order valence-corrected chi connectivity index (χ3v) is 7.23. The Morgan fingerprint density at radius 3 is 2.55 bits per heavy atom. The second-order valence-corrected chi connectivity index (χ2v) is 9.79. The average molecular weight is 448 g/mol. The Morgan fingerprint density at radius 1 is 1.03 bits per heavy atom. The van der Waals surface area contributed by atoms with Crippen molar-refractivity contribution in [3.63, 3.8) is 0 Å². The van der Waals surface area contributed by atoms with Gasteiger partial charge >= 0.3 is 0 Å². The standard InChI is InChI=1S/C25H25N3OS2/c1-17-7-9-21(10-8-17)30-13-11-24(29)28(16-20-6-4-5-12-26-20)25-27-22-14-18(2)19(3)15-23(22)31-25/h4-10,12,14-15H,11,13,16H2,1-3H3. The molecule has 0 aliphatic rings. The van der Waals surface area contributed by atoms with Crippen molar-refractivity contribution >= 4 is 44.4 Å². The van der Waals surface area contributed by atoms with Gasteiger partial charge in [-0.25, -0.2) is 4.98 Å². The molecule has 1 amide bonds. The van der Waals surface area contributed by atoms with E-state index in [0.717, 1.165) is 26.8 Å². The van der Waals surface area contributed by atoms with E-state index in [1.807, 2.05) is 18.2 Å². The highest BCUT2D eigenvalue weighted by atomic mass is 32.2. The SMILES string of the molecule is Cc1ccc(SCCC(=O)N(Cc2ccccn2)c2nc3cc(C)c(C)cc3s2)cc1. The third-order valence-electron chi connectivity index (χ3n) is 5.18. The zero-order valence-electron chi connectivity index (χ0n) is 18.0. The van der Waals surface area contributed by atoms with Crippen LogP contribution >= 0.6 is 23.1 Å². The van der Waals surface area contributed by atoms with Crippen LogP contribution < -0.4 is 4.90 Å². The molecular weight excluding hydrogens is 422 g/mol. The quantitative estimate of drug-likeness (QED) is 0.311. The van der Waals surface area contributed by atoms with E-state index in [1.165, 1.54) is 21.6 Å². The van der Waals surface area contributed by atoms with Crippen molar-refractivity contribution in [2.24, 2.45) is 0 Å². The number of hydrogen-bond acceptors (Lipinski definition) is 5. The van der Waals surface area contributed by atoms with Crippen molar-refractivity contribution in [1.29, 1.82) is 0 Å². The lowest BCUT2D eigenvalue weighted by Crippen LogP contribution is -2.30. The number of pyridine rings is 1. The number of thiazole rings is 1. The molecule has 0 atom stereocenters. The smallest absolute Gasteiger partial charge is 0.229 e. The lowest BCUT2D eigenvalue weighted by Gasteiger charge is -2.19. The van der Waals surface area contributed by atoms with Crippen molar-refractivity contribution in [3.05, 3.63) is 83.2 Å². The minimum Gasteiger partial charge on any atom is -0.282 e. The van der Waals surface area contributed by atoms with Crippen LogP contribution in [0.2, 0.25) is 0 Å². The summed E-state index contributed by atoms with van der Waals surface area (Å²) in [6.45, 7) is 6.70. The average Bonchev–Trinajstić information content (AvgIpc) is 3.16. The van der Waals surface area contributed by atoms with Crippen molar-refractivity contribution in [3.8, 4) is 0 Å². The molecule has 0 aliphatic heterocycles. The second-order valence-electron chi connectivity index (χ2n) is 7.61. The number of anilines is 1. The van der Waals surface area contributed by atoms with Crippen LogP contribution in [0.1, 0.15) is 28.8 Å². The number of hydrogen-bond donors (Lipinski definition) is 0. The second kappa shape index (κ2) is 9.62. The molecule has 4 aromatic rings. The molecule has 2 aromatic carbocycles. The molecule has 0 spiro atoms. The van der Waals surface area contributed by atoms with Gasteiger partial charge in [0, 0.05) is 23.3 Å². The third kappa shape index (κ3) is 5.32. The maximum atomic E-state index is 13.3. The van der Waals surface area contributed by atoms with Gasteiger partial charge in [0.1, 0.15) is 0 Å². The van der Waals surface area contributed by atoms with E-state index in [9.17, 15) is 4.79 Å². The van der Waals surface area contributed by atoms with Crippen molar-refractivity contribution in [2.45, 2.75) is 38.6 Å². The van der Waals surface area contributed by atoms with Gasteiger partial charge in [0.15, 0.2) is 5.13 Å². The number of nitrogens with zero attached hydrogens (tertiary/aromatic N) is 3. The summed E-state index contributed by atoms with van der Waals surface area (Å²) >= 11 is 3.27. The highest BCUT2D eigenvalue weighted by Crippen LogP contribution is 2.32. The first-order valence-corrected chi connectivity index (χ1v) is 12.1. The summed E-state index contributed by atoms with van der Waals surface area (Å²) in [5.74, 6) is 0.793. The maximum Gasteiger partial charge on any atom is 0.229 e. The van der Waals surface area contributed by atoms with Gasteiger partial charge in [0.05, 0.1) is 22.5 Å². The Balaban J connectivity index is 1.55. The van der Waals surface area contributed by atoms with Crippen molar-refractivity contribution in [2.75, 3.05) is 10.7 Å². The first-order valence-electron chi connectivity index (χ1n) is 10.3. The fourth-order valence-electron chi connectivity index (χ4n) is 3.23. The number of carbonyl (C=O) groups excluding carboxylic acids is 1. The number of rotatable bonds is 7. The molecule has 2 aromatic heterocycles. The normalized spacial score (nSPS) is 11.1. The van der Waals surface area contributed by atoms with Crippen LogP contribution in [-0.2, 0) is 11.3 Å². The molecule has 158 valence electrons. The van der Waals surface area contributed by atoms with Gasteiger partial charge in [-0.2, -0.15) is 0 Å². The summed E-state index contributed by atoms with van der Waals surface area (Å²) in [6, 6.07) is 18.4. The van der Waals surface area contributed by atoms with E-state index in [0.29, 0.717) is 13.0 Å². The van der Waals surface area contributed by atoms with E-state index < -0.39 is 0 Å². The van der Waals surface area contributed by atoms with Gasteiger partial charge in [-0.3, -0.25) is 14.7 Å². The molecule has 6 heteroatoms. The first-order chi connectivity index (χ1) is 15.0. The summed E-state index contributed by atoms with van der Waals surface area (Å²) < 4.78 is 1.10. The monoisotopic (exact) mass is 447 g/mol. The van der Waals surface area contributed by atoms with Gasteiger partial charge in [-0.15, -0.1) is 11.8 Å². The molecule has 2 heterocycles. The summed E-state index contributed by atoms with van der Waals surface area (Å²) in [4.78, 5) is 25.4. The summed E-state index contributed by atoms with van der Waals surface area (Å²) in [5, 5.41) is 0.732. The summed E-state index contributed by atoms with van der Waals surface area (Å²) in [5.41, 5.74) is 5.48. The highest BCUT2D eigenvalue weighted by Gasteiger charge is 2.21. The zero-order valence-corrected chi connectivity index (χ0v) is 19.6. The highest BCUT2D eigenvalue weighted by molar-refractivity contribution is 7.99. The van der Waals surface area contributed by atoms with Gasteiger partial charge < -0.3 is 0 Å². The minimum atomic E-state index is 0.0674. The Bertz CT molecular complexity index is 1150. The number of carbonyl (C=O) groups is 1. The largest absolute Gasteiger partial charge is 0.282 e. The molecule has 0 unspecified atom stereocenters. The lowest BCUT2D eigenvalue weighted by molar-refractivity contribution is -0.118. The van der Waals surface area contributed by atoms with Crippen molar-refractivity contribution in [1.82, 2.24) is 9.97 Å². The molecule has 0 fully saturated rings. The predicted octanol–water partition coefficient (Wildman–Crippen LogP) is 6.33. The molecule has 31 heavy (non-hydrogen) atoms. The van der Waals surface area contributed by atoms with E-state index in [2.05, 4.69) is 62.2 Å². The van der Waals surface area contributed by atoms with Gasteiger partial charge in [0.25, 0.3) is 0 Å². The fraction of sp³-hybridized carbons (Fsp3) is 0.240. The van der Waals surface area contributed by atoms with Crippen LogP contribution in [0, 0.1) is 20.8 Å². The van der Waals surface area contributed by atoms with Crippen LogP contribution in [0.5, 0.6) is 0 Å². The number of aryl methyl sites for hydroxylation is 3. The summed E-state index contributed by atoms with van der Waals surface area (Å²) in [7, 11) is 0. The molecule has 0 bridgehead atoms. The molecule has 0 N–H and O–H groups in total. The first kappa shape index (κ1) is 21.5. The number of thioether (sulfide) groups is 1. The van der Waals surface area contributed by atoms with E-state index >= 15 is 0 Å². The zero-order chi connectivity index (χ0) is 21.8. The van der Waals surface area contributed by atoms with Crippen LogP contribution in [0.4, 0.5) is 5.13 Å². The maximum absolute atomic E-state index is 13.3. The van der Waals surface area contributed by atoms with Gasteiger partial charge in [0.2, 0.25) is 5.91 Å². The van der Waals surface area contributed by atoms with Gasteiger partial charge in [-0.05, 0) is 68.3 Å². The van der Waals surface area contributed by atoms with E-state index in [1.54, 1.807) is 34.2 Å². The van der Waals surface area contributed by atoms with Crippen LogP contribution in [0.15, 0.2) is 65.7 Å². The summed E-state index contributed by atoms with van der Waals surface area (Å²) in [6.07, 6.45) is 2.20. The van der Waals surface area contributed by atoms with Crippen LogP contribution in [0.3, 0.4) is 0 Å². The molecule has 0 aliphatic carbocycles. The van der Waals surface area contributed by atoms with Crippen molar-refractivity contribution < 1.29 is 4.79 Å². The number of fused-ring (bicyclic) bond motifs is 1. The fourth-order valence-corrected chi connectivity index (χ4v) is 5.13. The lowest BCUT2D eigenvalue weighted by atomic mass is 10.1. The molecule has 4 nitrogen and oxygen atoms in total. The molecular formula is C25H25N3OS2. The van der Waals surface area contributed by atoms with Gasteiger partial charge in [-0.1, -0.05) is 35.1 Å². The minimum absolute atomic E-state index is 0.0674. The topological polar surface area (TPSA) is 46.1 Å².